The largest absolute Gasteiger partial charge is 0.551 e. The third-order valence-electron chi connectivity index (χ3n) is 12.4. The topological polar surface area (TPSA) is 23.4 Å². The van der Waals surface area contributed by atoms with E-state index < -0.39 is 8.07 Å². The van der Waals surface area contributed by atoms with Gasteiger partial charge in [-0.1, -0.05) is 176 Å². The minimum Gasteiger partial charge on any atom is -0.551 e. The van der Waals surface area contributed by atoms with Crippen LogP contribution in [0.4, 0.5) is 0 Å². The Bertz CT molecular complexity index is 3090. The quantitative estimate of drug-likeness (QED) is 0.125. The Balaban J connectivity index is 1.05. The van der Waals surface area contributed by atoms with Crippen molar-refractivity contribution in [3.8, 4) is 45.2 Å². The number of nitrogens with zero attached hydrogens (tertiary/aromatic N) is 1. The van der Waals surface area contributed by atoms with Gasteiger partial charge in [0.15, 0.2) is 8.07 Å². The molecule has 12 rings (SSSR count). The summed E-state index contributed by atoms with van der Waals surface area (Å²) in [5.74, 6) is 2.51. The predicted octanol–water partition coefficient (Wildman–Crippen LogP) is 9.10. The van der Waals surface area contributed by atoms with Crippen LogP contribution < -0.4 is 41.1 Å². The number of hydrogen-bond donors (Lipinski definition) is 0. The van der Waals surface area contributed by atoms with E-state index in [0.29, 0.717) is 0 Å². The molecular weight excluding hydrogens is 733 g/mol. The first-order valence-corrected chi connectivity index (χ1v) is 22.3. The molecule has 0 bridgehead atoms. The van der Waals surface area contributed by atoms with Crippen LogP contribution in [-0.4, -0.2) is 19.6 Å². The fraction of sp³-hybridized carbons (Fsp3) is 0. The van der Waals surface area contributed by atoms with Gasteiger partial charge < -0.3 is 14.0 Å². The lowest BCUT2D eigenvalue weighted by Gasteiger charge is -2.35. The van der Waals surface area contributed by atoms with E-state index in [1.165, 1.54) is 42.6 Å². The maximum atomic E-state index is 7.09. The fourth-order valence-corrected chi connectivity index (χ4v) is 14.6. The Morgan fingerprint density at radius 3 is 1.63 bits per heavy atom. The van der Waals surface area contributed by atoms with Gasteiger partial charge in [-0.3, -0.25) is 0 Å². The average molecular weight is 770 g/mol. The molecule has 0 aliphatic carbocycles. The lowest BCUT2D eigenvalue weighted by molar-refractivity contribution is 0.479. The molecule has 9 aromatic carbocycles. The summed E-state index contributed by atoms with van der Waals surface area (Å²) in [5, 5.41) is 7.84. The van der Waals surface area contributed by atoms with Crippen molar-refractivity contribution in [3.05, 3.63) is 218 Å². The molecule has 0 atom stereocenters. The maximum absolute atomic E-state index is 7.09. The molecule has 0 N–H and O–H groups in total. The van der Waals surface area contributed by atoms with E-state index in [-0.39, 0.29) is 6.92 Å². The van der Waals surface area contributed by atoms with Crippen LogP contribution >= 0.6 is 0 Å². The molecule has 0 unspecified atom stereocenters. The second-order valence-electron chi connectivity index (χ2n) is 15.6. The highest BCUT2D eigenvalue weighted by molar-refractivity contribution is 7.19. The second-order valence-corrected chi connectivity index (χ2v) is 19.4. The SMILES string of the molecule is c1ccc([Si](c2ccccc2)(c2ccccc2)c2cccc(-c3cc4c5c(c3)-c3ccccc3OB5c3ccc(-n5c6ccccc6c6ccccc65)cc3O4)c2)cc1. The van der Waals surface area contributed by atoms with Crippen LogP contribution in [0.25, 0.3) is 49.7 Å². The zero-order valence-electron chi connectivity index (χ0n) is 32.1. The lowest BCUT2D eigenvalue weighted by Crippen LogP contribution is -2.74. The molecule has 276 valence electrons. The number of para-hydroxylation sites is 3. The van der Waals surface area contributed by atoms with Crippen molar-refractivity contribution < 1.29 is 9.39 Å². The van der Waals surface area contributed by atoms with Gasteiger partial charge in [0.25, 0.3) is 0 Å². The number of rotatable bonds is 6. The molecule has 5 heteroatoms. The summed E-state index contributed by atoms with van der Waals surface area (Å²) in [6, 6.07) is 79.4. The molecule has 2 aliphatic heterocycles. The third-order valence-corrected chi connectivity index (χ3v) is 17.2. The number of hydrogen-bond acceptors (Lipinski definition) is 2. The van der Waals surface area contributed by atoms with Crippen LogP contribution in [0.15, 0.2) is 218 Å². The Kier molecular flexibility index (Phi) is 7.65. The van der Waals surface area contributed by atoms with Crippen molar-refractivity contribution in [2.24, 2.45) is 0 Å². The summed E-state index contributed by atoms with van der Waals surface area (Å²) in [5.41, 5.74) is 9.95. The van der Waals surface area contributed by atoms with E-state index in [2.05, 4.69) is 223 Å². The zero-order chi connectivity index (χ0) is 38.9. The van der Waals surface area contributed by atoms with Crippen molar-refractivity contribution >= 4 is 68.5 Å². The van der Waals surface area contributed by atoms with Crippen LogP contribution in [0.5, 0.6) is 17.2 Å². The predicted molar refractivity (Wildman–Crippen MR) is 247 cm³/mol. The van der Waals surface area contributed by atoms with Crippen LogP contribution in [0.1, 0.15) is 0 Å². The van der Waals surface area contributed by atoms with Crippen molar-refractivity contribution in [3.63, 3.8) is 0 Å². The molecule has 2 aliphatic rings. The van der Waals surface area contributed by atoms with Gasteiger partial charge in [-0.15, -0.1) is 0 Å². The number of ether oxygens (including phenoxy) is 1. The molecule has 3 nitrogen and oxygen atoms in total. The highest BCUT2D eigenvalue weighted by Gasteiger charge is 2.43. The molecule has 0 saturated carbocycles. The van der Waals surface area contributed by atoms with Gasteiger partial charge >= 0.3 is 6.92 Å². The van der Waals surface area contributed by atoms with E-state index in [0.717, 1.165) is 56.1 Å². The summed E-state index contributed by atoms with van der Waals surface area (Å²) in [4.78, 5) is 0. The van der Waals surface area contributed by atoms with E-state index in [9.17, 15) is 0 Å². The summed E-state index contributed by atoms with van der Waals surface area (Å²) in [7, 11) is -2.75. The molecule has 1 aromatic heterocycles. The van der Waals surface area contributed by atoms with E-state index in [1.54, 1.807) is 0 Å². The molecule has 0 saturated heterocycles. The summed E-state index contributed by atoms with van der Waals surface area (Å²) in [6.45, 7) is -0.305. The van der Waals surface area contributed by atoms with Gasteiger partial charge in [0.2, 0.25) is 0 Å². The van der Waals surface area contributed by atoms with Crippen molar-refractivity contribution in [1.82, 2.24) is 4.57 Å². The zero-order valence-corrected chi connectivity index (χ0v) is 33.1. The highest BCUT2D eigenvalue weighted by Crippen LogP contribution is 2.42. The third kappa shape index (κ3) is 5.15. The molecule has 0 amide bonds. The Labute approximate surface area is 344 Å². The number of fused-ring (bicyclic) bond motifs is 7. The minimum atomic E-state index is -2.75. The molecule has 10 aromatic rings. The van der Waals surface area contributed by atoms with Crippen molar-refractivity contribution in [2.75, 3.05) is 0 Å². The van der Waals surface area contributed by atoms with E-state index in [4.69, 9.17) is 9.39 Å². The number of benzene rings is 9. The second kappa shape index (κ2) is 13.4. The van der Waals surface area contributed by atoms with Gasteiger partial charge in [0.05, 0.1) is 11.0 Å². The number of aromatic nitrogens is 1. The van der Waals surface area contributed by atoms with Crippen LogP contribution in [0.2, 0.25) is 0 Å². The molecule has 3 heterocycles. The first-order valence-electron chi connectivity index (χ1n) is 20.3. The van der Waals surface area contributed by atoms with Crippen molar-refractivity contribution in [2.45, 2.75) is 0 Å². The maximum Gasteiger partial charge on any atom is 0.434 e. The summed E-state index contributed by atoms with van der Waals surface area (Å²) >= 11 is 0. The van der Waals surface area contributed by atoms with E-state index >= 15 is 0 Å². The smallest absolute Gasteiger partial charge is 0.434 e. The van der Waals surface area contributed by atoms with Crippen LogP contribution in [-0.2, 0) is 0 Å². The monoisotopic (exact) mass is 769 g/mol. The van der Waals surface area contributed by atoms with E-state index in [1.807, 2.05) is 0 Å². The first-order chi connectivity index (χ1) is 29.3. The highest BCUT2D eigenvalue weighted by atomic mass is 28.3. The summed E-state index contributed by atoms with van der Waals surface area (Å²) in [6.07, 6.45) is 0. The van der Waals surface area contributed by atoms with Gasteiger partial charge in [-0.05, 0) is 73.8 Å². The van der Waals surface area contributed by atoms with Crippen molar-refractivity contribution in [1.29, 1.82) is 0 Å². The van der Waals surface area contributed by atoms with Crippen LogP contribution in [0.3, 0.4) is 0 Å². The Morgan fingerprint density at radius 1 is 0.390 bits per heavy atom. The summed E-state index contributed by atoms with van der Waals surface area (Å²) < 4.78 is 16.3. The lowest BCUT2D eigenvalue weighted by atomic mass is 9.50. The molecule has 59 heavy (non-hydrogen) atoms. The minimum absolute atomic E-state index is 0.305. The molecular formula is C54H36BNO2Si. The molecule has 0 fully saturated rings. The Morgan fingerprint density at radius 2 is 0.966 bits per heavy atom. The van der Waals surface area contributed by atoms with Crippen LogP contribution in [0, 0.1) is 0 Å². The van der Waals surface area contributed by atoms with Gasteiger partial charge in [-0.2, -0.15) is 0 Å². The van der Waals surface area contributed by atoms with Gasteiger partial charge in [0.1, 0.15) is 17.2 Å². The molecule has 0 radical (unpaired) electrons. The normalized spacial score (nSPS) is 12.6. The molecule has 0 spiro atoms. The Hall–Kier alpha value is -7.34. The van der Waals surface area contributed by atoms with Gasteiger partial charge in [0, 0.05) is 39.0 Å². The first kappa shape index (κ1) is 33.8. The van der Waals surface area contributed by atoms with Gasteiger partial charge in [-0.25, -0.2) is 0 Å². The fourth-order valence-electron chi connectivity index (χ4n) is 9.85. The average Bonchev–Trinajstić information content (AvgIpc) is 3.65. The standard InChI is InChI=1S/C54H36BNO2Si/c1-4-18-40(19-5-1)59(41-20-6-2-7-21-41,42-22-8-3-9-23-42)43-24-16-17-37(33-43)38-34-47-46-27-12-15-30-51(46)58-55-48-32-31-39(36-52(48)57-53(35-38)54(47)55)56-49-28-13-10-25-44(49)45-26-11-14-29-50(45)56/h1-36H.